The van der Waals surface area contributed by atoms with Gasteiger partial charge in [-0.3, -0.25) is 4.90 Å². The normalized spacial score (nSPS) is 17.9. The largest absolute Gasteiger partial charge is 0.387 e. The molecule has 2 heterocycles. The van der Waals surface area contributed by atoms with E-state index < -0.39 is 6.10 Å². The number of hydrogen-bond acceptors (Lipinski definition) is 5. The first kappa shape index (κ1) is 17.5. The predicted molar refractivity (Wildman–Crippen MR) is 99.2 cm³/mol. The van der Waals surface area contributed by atoms with Crippen LogP contribution in [0.2, 0.25) is 0 Å². The van der Waals surface area contributed by atoms with Crippen molar-refractivity contribution in [2.24, 2.45) is 0 Å². The number of rotatable bonds is 7. The second-order valence-corrected chi connectivity index (χ2v) is 7.27. The molecular weight excluding hydrogens is 318 g/mol. The third-order valence-electron chi connectivity index (χ3n) is 4.83. The highest BCUT2D eigenvalue weighted by atomic mass is 32.1. The van der Waals surface area contributed by atoms with Crippen molar-refractivity contribution in [2.45, 2.75) is 44.9 Å². The van der Waals surface area contributed by atoms with Crippen LogP contribution in [0.5, 0.6) is 0 Å². The van der Waals surface area contributed by atoms with Gasteiger partial charge in [0.05, 0.1) is 17.3 Å². The number of aliphatic hydroxyl groups excluding tert-OH is 1. The lowest BCUT2D eigenvalue weighted by Gasteiger charge is -2.32. The van der Waals surface area contributed by atoms with E-state index in [2.05, 4.69) is 39.6 Å². The van der Waals surface area contributed by atoms with E-state index >= 15 is 0 Å². The second-order valence-electron chi connectivity index (χ2n) is 6.55. The number of aryl methyl sites for hydroxylation is 1. The molecule has 1 fully saturated rings. The molecule has 2 aromatic rings. The Kier molecular flexibility index (Phi) is 6.37. The maximum Gasteiger partial charge on any atom is 0.0914 e. The quantitative estimate of drug-likeness (QED) is 0.810. The number of likely N-dealkylation sites (tertiary alicyclic amines) is 1. The summed E-state index contributed by atoms with van der Waals surface area (Å²) < 4.78 is 0. The number of aliphatic hydroxyl groups is 1. The van der Waals surface area contributed by atoms with Gasteiger partial charge in [0.15, 0.2) is 0 Å². The van der Waals surface area contributed by atoms with Crippen molar-refractivity contribution in [2.75, 3.05) is 19.6 Å². The van der Waals surface area contributed by atoms with Gasteiger partial charge in [0.2, 0.25) is 0 Å². The molecule has 1 aliphatic rings. The van der Waals surface area contributed by atoms with Crippen molar-refractivity contribution in [3.63, 3.8) is 0 Å². The van der Waals surface area contributed by atoms with Crippen LogP contribution < -0.4 is 5.32 Å². The van der Waals surface area contributed by atoms with Gasteiger partial charge in [-0.1, -0.05) is 31.2 Å². The summed E-state index contributed by atoms with van der Waals surface area (Å²) in [6.45, 7) is 5.92. The summed E-state index contributed by atoms with van der Waals surface area (Å²) in [4.78, 5) is 6.83. The molecule has 1 aliphatic heterocycles. The Morgan fingerprint density at radius 2 is 2.04 bits per heavy atom. The maximum atomic E-state index is 10.4. The molecule has 0 aliphatic carbocycles. The Morgan fingerprint density at radius 1 is 1.29 bits per heavy atom. The van der Waals surface area contributed by atoms with Gasteiger partial charge in [0.25, 0.3) is 0 Å². The first-order chi connectivity index (χ1) is 11.7. The molecule has 24 heavy (non-hydrogen) atoms. The van der Waals surface area contributed by atoms with Crippen LogP contribution in [0, 0.1) is 0 Å². The van der Waals surface area contributed by atoms with E-state index in [0.29, 0.717) is 12.6 Å². The van der Waals surface area contributed by atoms with Crippen LogP contribution in [-0.2, 0) is 13.0 Å². The zero-order chi connectivity index (χ0) is 16.8. The molecule has 0 amide bonds. The van der Waals surface area contributed by atoms with Gasteiger partial charge in [0, 0.05) is 37.6 Å². The van der Waals surface area contributed by atoms with Crippen molar-refractivity contribution in [1.82, 2.24) is 15.2 Å². The molecule has 130 valence electrons. The van der Waals surface area contributed by atoms with Crippen molar-refractivity contribution < 1.29 is 5.11 Å². The van der Waals surface area contributed by atoms with Gasteiger partial charge in [-0.2, -0.15) is 0 Å². The van der Waals surface area contributed by atoms with E-state index in [1.807, 2.05) is 17.6 Å². The molecule has 1 unspecified atom stereocenters. The van der Waals surface area contributed by atoms with Crippen molar-refractivity contribution in [3.8, 4) is 0 Å². The Balaban J connectivity index is 1.39. The highest BCUT2D eigenvalue weighted by Crippen LogP contribution is 2.17. The van der Waals surface area contributed by atoms with Gasteiger partial charge in [-0.15, -0.1) is 11.3 Å². The minimum atomic E-state index is -0.427. The van der Waals surface area contributed by atoms with Gasteiger partial charge < -0.3 is 10.4 Å². The molecule has 4 nitrogen and oxygen atoms in total. The van der Waals surface area contributed by atoms with Crippen LogP contribution in [0.4, 0.5) is 0 Å². The van der Waals surface area contributed by atoms with E-state index in [1.54, 1.807) is 11.3 Å². The summed E-state index contributed by atoms with van der Waals surface area (Å²) in [5.74, 6) is 0. The van der Waals surface area contributed by atoms with Crippen LogP contribution in [0.3, 0.4) is 0 Å². The molecule has 1 saturated heterocycles. The summed E-state index contributed by atoms with van der Waals surface area (Å²) >= 11 is 1.66. The number of nitrogens with one attached hydrogen (secondary N) is 1. The SMILES string of the molecule is CCc1ccc(C(O)CNC2CCN(Cc3cscn3)CC2)cc1. The summed E-state index contributed by atoms with van der Waals surface area (Å²) in [5.41, 5.74) is 5.39. The Hall–Kier alpha value is -1.27. The van der Waals surface area contributed by atoms with E-state index in [-0.39, 0.29) is 0 Å². The van der Waals surface area contributed by atoms with E-state index in [1.165, 1.54) is 11.3 Å². The third kappa shape index (κ3) is 4.86. The van der Waals surface area contributed by atoms with Crippen LogP contribution in [0.1, 0.15) is 42.7 Å². The summed E-state index contributed by atoms with van der Waals surface area (Å²) in [5, 5.41) is 16.0. The lowest BCUT2D eigenvalue weighted by atomic mass is 10.0. The molecule has 0 saturated carbocycles. The number of piperidine rings is 1. The zero-order valence-corrected chi connectivity index (χ0v) is 15.1. The monoisotopic (exact) mass is 345 g/mol. The van der Waals surface area contributed by atoms with E-state index in [9.17, 15) is 5.11 Å². The molecule has 1 aromatic heterocycles. The van der Waals surface area contributed by atoms with Crippen molar-refractivity contribution >= 4 is 11.3 Å². The fourth-order valence-electron chi connectivity index (χ4n) is 3.21. The Bertz CT molecular complexity index is 592. The number of nitrogens with zero attached hydrogens (tertiary/aromatic N) is 2. The molecule has 1 aromatic carbocycles. The van der Waals surface area contributed by atoms with Crippen LogP contribution in [0.15, 0.2) is 35.2 Å². The van der Waals surface area contributed by atoms with Crippen LogP contribution in [-0.4, -0.2) is 40.7 Å². The molecule has 0 spiro atoms. The van der Waals surface area contributed by atoms with Crippen molar-refractivity contribution in [1.29, 1.82) is 0 Å². The molecule has 0 bridgehead atoms. The Morgan fingerprint density at radius 3 is 2.67 bits per heavy atom. The summed E-state index contributed by atoms with van der Waals surface area (Å²) in [7, 11) is 0. The van der Waals surface area contributed by atoms with Gasteiger partial charge >= 0.3 is 0 Å². The summed E-state index contributed by atoms with van der Waals surface area (Å²) in [6, 6.07) is 8.80. The lowest BCUT2D eigenvalue weighted by molar-refractivity contribution is 0.149. The molecule has 5 heteroatoms. The third-order valence-corrected chi connectivity index (χ3v) is 5.46. The number of benzene rings is 1. The smallest absolute Gasteiger partial charge is 0.0914 e. The van der Waals surface area contributed by atoms with Gasteiger partial charge in [-0.05, 0) is 30.4 Å². The minimum Gasteiger partial charge on any atom is -0.387 e. The molecule has 2 N–H and O–H groups in total. The molecule has 3 rings (SSSR count). The molecular formula is C19H27N3OS. The van der Waals surface area contributed by atoms with Crippen molar-refractivity contribution in [3.05, 3.63) is 52.0 Å². The number of hydrogen-bond donors (Lipinski definition) is 2. The fraction of sp³-hybridized carbons (Fsp3) is 0.526. The standard InChI is InChI=1S/C19H27N3OS/c1-2-15-3-5-16(6-4-15)19(23)11-20-17-7-9-22(10-8-17)12-18-13-24-14-21-18/h3-6,13-14,17,19-20,23H,2,7-12H2,1H3. The predicted octanol–water partition coefficient (Wildman–Crippen LogP) is 2.99. The maximum absolute atomic E-state index is 10.4. The van der Waals surface area contributed by atoms with E-state index in [4.69, 9.17) is 0 Å². The van der Waals surface area contributed by atoms with Gasteiger partial charge in [0.1, 0.15) is 0 Å². The minimum absolute atomic E-state index is 0.427. The molecule has 0 radical (unpaired) electrons. The zero-order valence-electron chi connectivity index (χ0n) is 14.3. The number of thiazole rings is 1. The van der Waals surface area contributed by atoms with E-state index in [0.717, 1.165) is 44.5 Å². The first-order valence-electron chi connectivity index (χ1n) is 8.84. The van der Waals surface area contributed by atoms with Gasteiger partial charge in [-0.25, -0.2) is 4.98 Å². The fourth-order valence-corrected chi connectivity index (χ4v) is 3.76. The molecule has 1 atom stereocenters. The first-order valence-corrected chi connectivity index (χ1v) is 9.78. The lowest BCUT2D eigenvalue weighted by Crippen LogP contribution is -2.43. The summed E-state index contributed by atoms with van der Waals surface area (Å²) in [6.07, 6.45) is 2.87. The Labute approximate surface area is 148 Å². The highest BCUT2D eigenvalue weighted by molar-refractivity contribution is 7.07. The van der Waals surface area contributed by atoms with Crippen LogP contribution in [0.25, 0.3) is 0 Å². The highest BCUT2D eigenvalue weighted by Gasteiger charge is 2.20. The number of aromatic nitrogens is 1. The van der Waals surface area contributed by atoms with Crippen LogP contribution >= 0.6 is 11.3 Å². The topological polar surface area (TPSA) is 48.4 Å². The average molecular weight is 346 g/mol. The second kappa shape index (κ2) is 8.72. The average Bonchev–Trinajstić information content (AvgIpc) is 3.14.